The lowest BCUT2D eigenvalue weighted by molar-refractivity contribution is -0.120. The average Bonchev–Trinajstić information content (AvgIpc) is 3.12. The van der Waals surface area contributed by atoms with Crippen molar-refractivity contribution in [1.82, 2.24) is 20.4 Å². The number of halogens is 1. The van der Waals surface area contributed by atoms with Crippen molar-refractivity contribution >= 4 is 32.6 Å². The van der Waals surface area contributed by atoms with Gasteiger partial charge in [0.25, 0.3) is 0 Å². The molecule has 0 radical (unpaired) electrons. The minimum Gasteiger partial charge on any atom is -0.345 e. The number of nitrogens with zero attached hydrogens (tertiary/aromatic N) is 4. The molecule has 0 aliphatic carbocycles. The quantitative estimate of drug-likeness (QED) is 0.766. The number of carbonyl (C=O) groups is 1. The largest absolute Gasteiger partial charge is 0.345 e. The molecule has 9 heteroatoms. The van der Waals surface area contributed by atoms with Crippen LogP contribution in [0.4, 0.5) is 9.52 Å². The summed E-state index contributed by atoms with van der Waals surface area (Å²) >= 11 is 1.33. The molecule has 0 atom stereocenters. The smallest absolute Gasteiger partial charge is 0.246 e. The van der Waals surface area contributed by atoms with Crippen molar-refractivity contribution in [2.45, 2.75) is 13.5 Å². The normalized spacial score (nSPS) is 10.9. The molecule has 0 saturated carbocycles. The molecule has 3 rings (SSSR count). The van der Waals surface area contributed by atoms with Gasteiger partial charge < -0.3 is 14.7 Å². The lowest BCUT2D eigenvalue weighted by atomic mass is 10.3. The van der Waals surface area contributed by atoms with Crippen molar-refractivity contribution < 1.29 is 13.7 Å². The average molecular weight is 335 g/mol. The Kier molecular flexibility index (Phi) is 4.20. The first-order valence-corrected chi connectivity index (χ1v) is 7.66. The van der Waals surface area contributed by atoms with E-state index in [0.717, 1.165) is 4.70 Å². The summed E-state index contributed by atoms with van der Waals surface area (Å²) in [4.78, 5) is 21.9. The molecule has 120 valence electrons. The molecule has 3 aromatic rings. The Morgan fingerprint density at radius 2 is 2.26 bits per heavy atom. The number of amides is 1. The number of hydrogen-bond donors (Lipinski definition) is 1. The molecular weight excluding hydrogens is 321 g/mol. The molecule has 0 saturated heterocycles. The Morgan fingerprint density at radius 1 is 1.43 bits per heavy atom. The number of aryl methyl sites for hydroxylation is 1. The number of rotatable bonds is 5. The number of benzene rings is 1. The van der Waals surface area contributed by atoms with Gasteiger partial charge in [0.15, 0.2) is 11.0 Å². The molecule has 0 aliphatic rings. The molecular formula is C14H14FN5O2S. The van der Waals surface area contributed by atoms with Crippen molar-refractivity contribution in [3.63, 3.8) is 0 Å². The number of thiazole rings is 1. The third kappa shape index (κ3) is 3.45. The van der Waals surface area contributed by atoms with E-state index in [9.17, 15) is 9.18 Å². The van der Waals surface area contributed by atoms with Crippen LogP contribution in [0.3, 0.4) is 0 Å². The molecule has 7 nitrogen and oxygen atoms in total. The van der Waals surface area contributed by atoms with Crippen LogP contribution in [-0.2, 0) is 11.3 Å². The van der Waals surface area contributed by atoms with Gasteiger partial charge in [-0.3, -0.25) is 4.79 Å². The Bertz CT molecular complexity index is 847. The number of aromatic nitrogens is 3. The first-order valence-electron chi connectivity index (χ1n) is 6.85. The predicted octanol–water partition coefficient (Wildman–Crippen LogP) is 1.88. The van der Waals surface area contributed by atoms with Crippen molar-refractivity contribution in [3.05, 3.63) is 35.7 Å². The second kappa shape index (κ2) is 6.29. The Morgan fingerprint density at radius 3 is 2.96 bits per heavy atom. The van der Waals surface area contributed by atoms with Crippen molar-refractivity contribution in [1.29, 1.82) is 0 Å². The lowest BCUT2D eigenvalue weighted by Gasteiger charge is -2.14. The summed E-state index contributed by atoms with van der Waals surface area (Å²) in [6.07, 6.45) is 0. The molecule has 0 bridgehead atoms. The van der Waals surface area contributed by atoms with Crippen LogP contribution in [0.2, 0.25) is 0 Å². The van der Waals surface area contributed by atoms with Crippen LogP contribution in [0.5, 0.6) is 0 Å². The number of carbonyl (C=O) groups excluding carboxylic acids is 1. The van der Waals surface area contributed by atoms with Gasteiger partial charge in [0.05, 0.1) is 17.8 Å². The summed E-state index contributed by atoms with van der Waals surface area (Å²) in [6.45, 7) is 1.96. The molecule has 1 N–H and O–H groups in total. The molecule has 0 unspecified atom stereocenters. The van der Waals surface area contributed by atoms with Gasteiger partial charge in [-0.25, -0.2) is 9.37 Å². The molecule has 0 fully saturated rings. The van der Waals surface area contributed by atoms with Crippen LogP contribution >= 0.6 is 11.3 Å². The van der Waals surface area contributed by atoms with E-state index in [-0.39, 0.29) is 24.8 Å². The van der Waals surface area contributed by atoms with Gasteiger partial charge >= 0.3 is 0 Å². The highest BCUT2D eigenvalue weighted by molar-refractivity contribution is 7.22. The SMILES string of the molecule is Cc1noc(CNC(=O)CN(C)c2nc3c(F)cccc3s2)n1. The zero-order valence-electron chi connectivity index (χ0n) is 12.5. The molecule has 2 aromatic heterocycles. The maximum absolute atomic E-state index is 13.7. The van der Waals surface area contributed by atoms with Gasteiger partial charge in [-0.1, -0.05) is 22.6 Å². The summed E-state index contributed by atoms with van der Waals surface area (Å²) in [5, 5.41) is 6.91. The Balaban J connectivity index is 1.62. The first-order chi connectivity index (χ1) is 11.0. The lowest BCUT2D eigenvalue weighted by Crippen LogP contribution is -2.34. The van der Waals surface area contributed by atoms with Gasteiger partial charge in [-0.2, -0.15) is 4.98 Å². The van der Waals surface area contributed by atoms with Gasteiger partial charge in [0.1, 0.15) is 11.3 Å². The van der Waals surface area contributed by atoms with Gasteiger partial charge in [0.2, 0.25) is 11.8 Å². The van der Waals surface area contributed by atoms with E-state index in [4.69, 9.17) is 4.52 Å². The van der Waals surface area contributed by atoms with Crippen LogP contribution in [-0.4, -0.2) is 34.6 Å². The Hall–Kier alpha value is -2.55. The number of anilines is 1. The molecule has 0 aliphatic heterocycles. The summed E-state index contributed by atoms with van der Waals surface area (Å²) in [5.74, 6) is 0.279. The summed E-state index contributed by atoms with van der Waals surface area (Å²) < 4.78 is 19.3. The number of para-hydroxylation sites is 1. The number of hydrogen-bond acceptors (Lipinski definition) is 7. The topological polar surface area (TPSA) is 84.2 Å². The maximum Gasteiger partial charge on any atom is 0.246 e. The molecule has 0 spiro atoms. The highest BCUT2D eigenvalue weighted by atomic mass is 32.1. The van der Waals surface area contributed by atoms with Gasteiger partial charge in [-0.05, 0) is 19.1 Å². The van der Waals surface area contributed by atoms with Crippen LogP contribution in [0, 0.1) is 12.7 Å². The van der Waals surface area contributed by atoms with Gasteiger partial charge in [0, 0.05) is 7.05 Å². The van der Waals surface area contributed by atoms with Crippen molar-refractivity contribution in [2.75, 3.05) is 18.5 Å². The molecule has 23 heavy (non-hydrogen) atoms. The van der Waals surface area contributed by atoms with Gasteiger partial charge in [-0.15, -0.1) is 0 Å². The van der Waals surface area contributed by atoms with Crippen LogP contribution in [0.15, 0.2) is 22.7 Å². The summed E-state index contributed by atoms with van der Waals surface area (Å²) in [5.41, 5.74) is 0.320. The highest BCUT2D eigenvalue weighted by Crippen LogP contribution is 2.29. The van der Waals surface area contributed by atoms with Crippen molar-refractivity contribution in [2.24, 2.45) is 0 Å². The van der Waals surface area contributed by atoms with Crippen LogP contribution in [0.1, 0.15) is 11.7 Å². The van der Waals surface area contributed by atoms with E-state index in [1.54, 1.807) is 31.0 Å². The number of likely N-dealkylation sites (N-methyl/N-ethyl adjacent to an activating group) is 1. The predicted molar refractivity (Wildman–Crippen MR) is 83.7 cm³/mol. The molecule has 1 aromatic carbocycles. The van der Waals surface area contributed by atoms with E-state index in [2.05, 4.69) is 20.4 Å². The second-order valence-electron chi connectivity index (χ2n) is 4.95. The summed E-state index contributed by atoms with van der Waals surface area (Å²) in [7, 11) is 1.73. The first kappa shape index (κ1) is 15.3. The van der Waals surface area contributed by atoms with E-state index < -0.39 is 0 Å². The molecule has 1 amide bonds. The fourth-order valence-electron chi connectivity index (χ4n) is 1.99. The van der Waals surface area contributed by atoms with E-state index in [1.807, 2.05) is 0 Å². The number of fused-ring (bicyclic) bond motifs is 1. The minimum atomic E-state index is -0.366. The minimum absolute atomic E-state index is 0.0918. The zero-order valence-corrected chi connectivity index (χ0v) is 13.4. The number of nitrogens with one attached hydrogen (secondary N) is 1. The van der Waals surface area contributed by atoms with Crippen LogP contribution < -0.4 is 10.2 Å². The highest BCUT2D eigenvalue weighted by Gasteiger charge is 2.14. The molecule has 2 heterocycles. The zero-order chi connectivity index (χ0) is 16.4. The maximum atomic E-state index is 13.7. The standard InChI is InChI=1S/C14H14FN5O2S/c1-8-17-12(22-19-8)6-16-11(21)7-20(2)14-18-13-9(15)4-3-5-10(13)23-14/h3-5H,6-7H2,1-2H3,(H,16,21). The third-order valence-electron chi connectivity index (χ3n) is 3.07. The van der Waals surface area contributed by atoms with Crippen LogP contribution in [0.25, 0.3) is 10.2 Å². The van der Waals surface area contributed by atoms with E-state index in [1.165, 1.54) is 17.4 Å². The second-order valence-corrected chi connectivity index (χ2v) is 5.96. The van der Waals surface area contributed by atoms with E-state index >= 15 is 0 Å². The fraction of sp³-hybridized carbons (Fsp3) is 0.286. The monoisotopic (exact) mass is 335 g/mol. The third-order valence-corrected chi connectivity index (χ3v) is 4.21. The van der Waals surface area contributed by atoms with E-state index in [0.29, 0.717) is 22.4 Å². The Labute approximate surface area is 135 Å². The van der Waals surface area contributed by atoms with Crippen molar-refractivity contribution in [3.8, 4) is 0 Å². The summed E-state index contributed by atoms with van der Waals surface area (Å²) in [6, 6.07) is 4.80. The fourth-order valence-corrected chi connectivity index (χ4v) is 2.93.